The third-order valence-electron chi connectivity index (χ3n) is 13.4. The predicted octanol–water partition coefficient (Wildman–Crippen LogP) is 2.84. The van der Waals surface area contributed by atoms with E-state index < -0.39 is 131 Å². The lowest BCUT2D eigenvalue weighted by Crippen LogP contribution is -2.60. The maximum absolute atomic E-state index is 15.1. The first kappa shape index (κ1) is 69.6. The smallest absolute Gasteiger partial charge is 0.408 e. The number of phenolic OH excluding ortho intramolecular Hbond substituents is 1. The number of amides is 9. The van der Waals surface area contributed by atoms with Crippen LogP contribution in [0.5, 0.6) is 5.75 Å². The Hall–Kier alpha value is -6.90. The molecule has 464 valence electrons. The SMILES string of the molecule is CC[C@@H]1NC(=O)[C@H](CCCCNC(=O)OC(C)(C)C)NC(=O)[C@@H](CC2=CCc3ccccc32)NC(=O)[C@H](Cc2ccc(O)cc2)CC(=O)[C@@H](NC(=O)[C@@H](CCCCN)NC(=O)OC(C)(C)C)CSSC[C@@H](C(=O)N[C@H](C(N)=O)[C@@H](C)O)NC1=O. The highest BCUT2D eigenvalue weighted by atomic mass is 33.1. The second-order valence-corrected chi connectivity index (χ2v) is 25.4. The minimum Gasteiger partial charge on any atom is -0.508 e. The number of aliphatic hydroxyl groups excluding tert-OH is 1. The number of Topliss-reactive ketones (excluding diaryl/α,β-unsaturated/α-hetero) is 1. The predicted molar refractivity (Wildman–Crippen MR) is 319 cm³/mol. The number of carbonyl (C=O) groups is 10. The molecule has 1 saturated heterocycles. The van der Waals surface area contributed by atoms with Gasteiger partial charge in [0.25, 0.3) is 0 Å². The van der Waals surface area contributed by atoms with Crippen molar-refractivity contribution in [1.29, 1.82) is 0 Å². The quantitative estimate of drug-likeness (QED) is 0.0631. The molecule has 9 amide bonds. The van der Waals surface area contributed by atoms with E-state index in [1.165, 1.54) is 19.1 Å². The number of aliphatic hydroxyl groups is 1. The van der Waals surface area contributed by atoms with E-state index in [1.54, 1.807) is 60.6 Å². The summed E-state index contributed by atoms with van der Waals surface area (Å²) in [4.78, 5) is 140. The average Bonchev–Trinajstić information content (AvgIpc) is 3.83. The zero-order chi connectivity index (χ0) is 62.3. The summed E-state index contributed by atoms with van der Waals surface area (Å²) in [6.07, 6.45) is 0.255. The van der Waals surface area contributed by atoms with Crippen LogP contribution < -0.4 is 54.0 Å². The Morgan fingerprint density at radius 2 is 1.37 bits per heavy atom. The number of hydrogen-bond donors (Lipinski definition) is 12. The zero-order valence-electron chi connectivity index (χ0n) is 49.3. The summed E-state index contributed by atoms with van der Waals surface area (Å²) in [5.41, 5.74) is 12.7. The Balaban J connectivity index is 1.85. The third kappa shape index (κ3) is 24.0. The number of nitrogens with one attached hydrogen (secondary N) is 8. The van der Waals surface area contributed by atoms with Crippen molar-refractivity contribution in [2.24, 2.45) is 17.4 Å². The largest absolute Gasteiger partial charge is 0.508 e. The molecule has 24 nitrogen and oxygen atoms in total. The molecule has 9 atom stereocenters. The van der Waals surface area contributed by atoms with E-state index in [2.05, 4.69) is 42.5 Å². The van der Waals surface area contributed by atoms with Crippen LogP contribution in [-0.2, 0) is 60.7 Å². The fourth-order valence-corrected chi connectivity index (χ4v) is 11.4. The van der Waals surface area contributed by atoms with Crippen LogP contribution in [0.2, 0.25) is 0 Å². The van der Waals surface area contributed by atoms with Gasteiger partial charge >= 0.3 is 12.2 Å². The topological polar surface area (TPSA) is 378 Å². The molecule has 0 bridgehead atoms. The molecule has 14 N–H and O–H groups in total. The van der Waals surface area contributed by atoms with Gasteiger partial charge in [0.15, 0.2) is 5.78 Å². The van der Waals surface area contributed by atoms with Crippen LogP contribution in [0.3, 0.4) is 0 Å². The van der Waals surface area contributed by atoms with Gasteiger partial charge in [-0.25, -0.2) is 9.59 Å². The fourth-order valence-electron chi connectivity index (χ4n) is 9.04. The molecule has 84 heavy (non-hydrogen) atoms. The fraction of sp³-hybridized carbons (Fsp3) is 0.586. The van der Waals surface area contributed by atoms with Gasteiger partial charge in [0, 0.05) is 36.8 Å². The highest BCUT2D eigenvalue weighted by Gasteiger charge is 2.37. The number of unbranched alkanes of at least 4 members (excludes halogenated alkanes) is 2. The molecule has 0 spiro atoms. The number of allylic oxidation sites excluding steroid dienone is 1. The van der Waals surface area contributed by atoms with E-state index in [0.29, 0.717) is 37.8 Å². The van der Waals surface area contributed by atoms with E-state index in [-0.39, 0.29) is 62.3 Å². The van der Waals surface area contributed by atoms with Crippen molar-refractivity contribution in [2.45, 2.75) is 186 Å². The number of ether oxygens (including phenoxy) is 2. The number of rotatable bonds is 21. The Labute approximate surface area is 499 Å². The standard InChI is InChI=1S/C58H86N10O14S2/c1-9-40-50(74)66-45(54(78)68-47(33(2)69)48(60)72)32-84-83-31-44(65-52(76)42(18-12-14-26-59)67-56(80)82-58(6,7)8)46(71)30-37(28-34-20-24-38(70)25-21-34)49(73)64-43(29-36-23-22-35-16-10-11-17-39(35)36)53(77)63-41(51(75)62-40)19-13-15-27-61-55(79)81-57(3,4)5/h10-11,16-17,20-21,23-25,33,37,40-45,47,69-70H,9,12-15,18-19,22,26-32,59H2,1-8H3,(H2,60,72)(H,61,79)(H,62,75)(H,63,77)(H,64,73)(H,65,76)(H,66,74)(H,67,80)(H,68,78)/t33-,37-,40+,41+,42-,43-,44+,45+,47+/m1/s1. The monoisotopic (exact) mass is 1210 g/mol. The number of alkyl carbamates (subject to hydrolysis) is 2. The van der Waals surface area contributed by atoms with Crippen LogP contribution in [0.15, 0.2) is 54.6 Å². The maximum Gasteiger partial charge on any atom is 0.408 e. The summed E-state index contributed by atoms with van der Waals surface area (Å²) in [5.74, 6) is -8.39. The normalized spacial score (nSPS) is 21.5. The second kappa shape index (κ2) is 33.6. The van der Waals surface area contributed by atoms with Gasteiger partial charge in [0.1, 0.15) is 53.2 Å². The number of benzene rings is 2. The Morgan fingerprint density at radius 1 is 0.750 bits per heavy atom. The Kier molecular flexibility index (Phi) is 27.8. The lowest BCUT2D eigenvalue weighted by molar-refractivity contribution is -0.136. The van der Waals surface area contributed by atoms with E-state index in [9.17, 15) is 48.6 Å². The molecule has 2 aromatic rings. The van der Waals surface area contributed by atoms with E-state index in [4.69, 9.17) is 20.9 Å². The number of primary amides is 1. The summed E-state index contributed by atoms with van der Waals surface area (Å²) in [7, 11) is 1.98. The van der Waals surface area contributed by atoms with Gasteiger partial charge < -0.3 is 73.7 Å². The molecule has 0 saturated carbocycles. The third-order valence-corrected chi connectivity index (χ3v) is 15.8. The molecular weight excluding hydrogens is 1120 g/mol. The summed E-state index contributed by atoms with van der Waals surface area (Å²) in [6.45, 7) is 13.4. The molecule has 26 heteroatoms. The van der Waals surface area contributed by atoms with Crippen LogP contribution in [-0.4, -0.2) is 154 Å². The van der Waals surface area contributed by atoms with Crippen molar-refractivity contribution in [1.82, 2.24) is 42.5 Å². The number of hydrogen-bond acceptors (Lipinski definition) is 17. The van der Waals surface area contributed by atoms with E-state index in [0.717, 1.165) is 38.3 Å². The van der Waals surface area contributed by atoms with Crippen molar-refractivity contribution < 1.29 is 67.6 Å². The minimum absolute atomic E-state index is 0.0278. The molecule has 2 aromatic carbocycles. The highest BCUT2D eigenvalue weighted by molar-refractivity contribution is 8.76. The Morgan fingerprint density at radius 3 is 2.01 bits per heavy atom. The molecule has 1 heterocycles. The lowest BCUT2D eigenvalue weighted by atomic mass is 9.90. The van der Waals surface area contributed by atoms with E-state index in [1.807, 2.05) is 30.3 Å². The first-order valence-corrected chi connectivity index (χ1v) is 30.8. The molecule has 1 fully saturated rings. The van der Waals surface area contributed by atoms with Crippen molar-refractivity contribution in [3.8, 4) is 5.75 Å². The number of carbonyl (C=O) groups excluding carboxylic acids is 10. The molecule has 0 unspecified atom stereocenters. The van der Waals surface area contributed by atoms with Gasteiger partial charge in [0.2, 0.25) is 41.4 Å². The second-order valence-electron chi connectivity index (χ2n) is 22.9. The molecule has 1 aliphatic heterocycles. The molecule has 0 aromatic heterocycles. The number of aromatic hydroxyl groups is 1. The summed E-state index contributed by atoms with van der Waals surface area (Å²) >= 11 is 0. The number of phenols is 1. The van der Waals surface area contributed by atoms with Gasteiger partial charge in [-0.15, -0.1) is 0 Å². The van der Waals surface area contributed by atoms with Crippen molar-refractivity contribution in [3.63, 3.8) is 0 Å². The van der Waals surface area contributed by atoms with Gasteiger partial charge in [0.05, 0.1) is 12.1 Å². The number of fused-ring (bicyclic) bond motifs is 1. The first-order chi connectivity index (χ1) is 39.6. The molecule has 4 rings (SSSR count). The van der Waals surface area contributed by atoms with Gasteiger partial charge in [-0.1, -0.05) is 71.0 Å². The van der Waals surface area contributed by atoms with Gasteiger partial charge in [-0.3, -0.25) is 38.4 Å². The van der Waals surface area contributed by atoms with Crippen molar-refractivity contribution >= 4 is 86.5 Å². The average molecular weight is 1210 g/mol. The summed E-state index contributed by atoms with van der Waals surface area (Å²) in [6, 6.07) is 3.78. The van der Waals surface area contributed by atoms with Gasteiger partial charge in [-0.2, -0.15) is 0 Å². The Bertz CT molecular complexity index is 2640. The molecular formula is C58H86N10O14S2. The van der Waals surface area contributed by atoms with E-state index >= 15 is 9.59 Å². The molecule has 0 radical (unpaired) electrons. The molecule has 1 aliphatic carbocycles. The van der Waals surface area contributed by atoms with Gasteiger partial charge in [-0.05, 0) is 147 Å². The number of ketones is 1. The lowest BCUT2D eigenvalue weighted by Gasteiger charge is -2.28. The molecule has 2 aliphatic rings. The minimum atomic E-state index is -1.59. The number of nitrogens with two attached hydrogens (primary N) is 2. The van der Waals surface area contributed by atoms with Crippen LogP contribution in [0.4, 0.5) is 9.59 Å². The van der Waals surface area contributed by atoms with Crippen LogP contribution >= 0.6 is 21.6 Å². The summed E-state index contributed by atoms with van der Waals surface area (Å²) in [5, 5.41) is 42.0. The summed E-state index contributed by atoms with van der Waals surface area (Å²) < 4.78 is 10.8. The van der Waals surface area contributed by atoms with Crippen LogP contribution in [0, 0.1) is 5.92 Å². The van der Waals surface area contributed by atoms with Crippen molar-refractivity contribution in [3.05, 3.63) is 71.3 Å². The van der Waals surface area contributed by atoms with Crippen molar-refractivity contribution in [2.75, 3.05) is 24.6 Å². The van der Waals surface area contributed by atoms with Crippen LogP contribution in [0.1, 0.15) is 130 Å². The highest BCUT2D eigenvalue weighted by Crippen LogP contribution is 2.31. The van der Waals surface area contributed by atoms with Crippen LogP contribution in [0.25, 0.3) is 5.57 Å². The zero-order valence-corrected chi connectivity index (χ0v) is 50.9. The maximum atomic E-state index is 15.1. The first-order valence-electron chi connectivity index (χ1n) is 28.4.